The molecule has 0 heterocycles. The second kappa shape index (κ2) is 10.2. The molecule has 3 N–H and O–H groups in total. The zero-order valence-electron chi connectivity index (χ0n) is 16.0. The van der Waals surface area contributed by atoms with Crippen LogP contribution in [0.1, 0.15) is 15.9 Å². The average Bonchev–Trinajstić information content (AvgIpc) is 2.74. The van der Waals surface area contributed by atoms with Gasteiger partial charge in [-0.25, -0.2) is 9.82 Å². The number of anilines is 1. The summed E-state index contributed by atoms with van der Waals surface area (Å²) in [5.41, 5.74) is 3.23. The van der Waals surface area contributed by atoms with Gasteiger partial charge in [-0.05, 0) is 54.1 Å². The number of hydrogen-bond acceptors (Lipinski definition) is 5. The Hall–Kier alpha value is -3.91. The van der Waals surface area contributed by atoms with Crippen LogP contribution in [0.2, 0.25) is 5.02 Å². The second-order valence-corrected chi connectivity index (χ2v) is 6.66. The molecule has 0 aliphatic heterocycles. The number of hydrazone groups is 1. The molecule has 3 aromatic carbocycles. The first-order valence-electron chi connectivity index (χ1n) is 9.01. The van der Waals surface area contributed by atoms with Crippen LogP contribution in [-0.2, 0) is 4.79 Å². The lowest BCUT2D eigenvalue weighted by atomic mass is 10.2. The number of carbonyl (C=O) groups excluding carboxylic acids is 2. The zero-order chi connectivity index (χ0) is 22.2. The number of benzene rings is 3. The minimum Gasteiger partial charge on any atom is -0.508 e. The third-order valence-corrected chi connectivity index (χ3v) is 4.25. The van der Waals surface area contributed by atoms with Crippen LogP contribution in [0.15, 0.2) is 71.8 Å². The van der Waals surface area contributed by atoms with E-state index in [-0.39, 0.29) is 34.4 Å². The van der Waals surface area contributed by atoms with E-state index in [1.165, 1.54) is 54.7 Å². The Morgan fingerprint density at radius 1 is 1.10 bits per heavy atom. The lowest BCUT2D eigenvalue weighted by molar-refractivity contribution is -0.118. The quantitative estimate of drug-likeness (QED) is 0.381. The molecule has 9 heteroatoms. The second-order valence-electron chi connectivity index (χ2n) is 6.26. The summed E-state index contributed by atoms with van der Waals surface area (Å²) in [5.74, 6) is -1.35. The van der Waals surface area contributed by atoms with Gasteiger partial charge in [-0.1, -0.05) is 29.8 Å². The molecule has 3 aromatic rings. The Bertz CT molecular complexity index is 1140. The molecule has 0 saturated carbocycles. The number of aromatic hydroxyl groups is 1. The van der Waals surface area contributed by atoms with Gasteiger partial charge in [0.05, 0.1) is 16.9 Å². The molecule has 158 valence electrons. The third-order valence-electron chi connectivity index (χ3n) is 3.95. The first-order valence-corrected chi connectivity index (χ1v) is 9.39. The van der Waals surface area contributed by atoms with Crippen LogP contribution in [0.4, 0.5) is 10.1 Å². The summed E-state index contributed by atoms with van der Waals surface area (Å²) in [7, 11) is 0. The number of carbonyl (C=O) groups is 2. The van der Waals surface area contributed by atoms with E-state index in [0.29, 0.717) is 5.56 Å². The van der Waals surface area contributed by atoms with Crippen LogP contribution < -0.4 is 15.5 Å². The molecule has 0 radical (unpaired) electrons. The largest absolute Gasteiger partial charge is 0.508 e. The molecule has 0 spiro atoms. The lowest BCUT2D eigenvalue weighted by Crippen LogP contribution is -2.20. The van der Waals surface area contributed by atoms with E-state index in [1.54, 1.807) is 18.2 Å². The fourth-order valence-electron chi connectivity index (χ4n) is 2.48. The van der Waals surface area contributed by atoms with Crippen molar-refractivity contribution >= 4 is 35.3 Å². The maximum Gasteiger partial charge on any atom is 0.271 e. The Labute approximate surface area is 182 Å². The highest BCUT2D eigenvalue weighted by molar-refractivity contribution is 6.32. The van der Waals surface area contributed by atoms with Crippen LogP contribution in [0, 0.1) is 5.82 Å². The minimum atomic E-state index is -0.548. The van der Waals surface area contributed by atoms with Crippen LogP contribution in [0.25, 0.3) is 0 Å². The molecule has 0 atom stereocenters. The number of phenolic OH excluding ortho intramolecular Hbond substituents is 1. The van der Waals surface area contributed by atoms with E-state index >= 15 is 0 Å². The van der Waals surface area contributed by atoms with E-state index < -0.39 is 17.6 Å². The highest BCUT2D eigenvalue weighted by atomic mass is 35.5. The first-order chi connectivity index (χ1) is 14.9. The van der Waals surface area contributed by atoms with Gasteiger partial charge in [-0.2, -0.15) is 5.10 Å². The highest BCUT2D eigenvalue weighted by Crippen LogP contribution is 2.25. The van der Waals surface area contributed by atoms with Gasteiger partial charge >= 0.3 is 0 Å². The number of nitrogens with zero attached hydrogens (tertiary/aromatic N) is 1. The van der Waals surface area contributed by atoms with Crippen molar-refractivity contribution in [3.8, 4) is 11.5 Å². The van der Waals surface area contributed by atoms with Crippen molar-refractivity contribution < 1.29 is 23.8 Å². The van der Waals surface area contributed by atoms with Gasteiger partial charge in [-0.15, -0.1) is 0 Å². The van der Waals surface area contributed by atoms with Gasteiger partial charge in [0.15, 0.2) is 6.61 Å². The summed E-state index contributed by atoms with van der Waals surface area (Å²) >= 11 is 6.16. The Kier molecular flexibility index (Phi) is 7.18. The van der Waals surface area contributed by atoms with Gasteiger partial charge in [-0.3, -0.25) is 9.59 Å². The number of halogens is 2. The van der Waals surface area contributed by atoms with Crippen LogP contribution in [0.5, 0.6) is 11.5 Å². The first kappa shape index (κ1) is 21.8. The maximum absolute atomic E-state index is 13.6. The van der Waals surface area contributed by atoms with Crippen molar-refractivity contribution in [3.63, 3.8) is 0 Å². The van der Waals surface area contributed by atoms with E-state index in [0.717, 1.165) is 0 Å². The normalized spacial score (nSPS) is 10.6. The average molecular weight is 442 g/mol. The molecular formula is C22H17ClFN3O4. The van der Waals surface area contributed by atoms with Gasteiger partial charge in [0.25, 0.3) is 11.8 Å². The standard InChI is InChI=1S/C22H17ClFN3O4/c23-17-10-14(12-25-27-22(30)15-4-3-5-16(28)11-15)8-9-20(17)31-13-21(29)26-19-7-2-1-6-18(19)24/h1-12,28H,13H2,(H,26,29)(H,27,30)/b25-12+. The van der Waals surface area contributed by atoms with Gasteiger partial charge in [0.1, 0.15) is 17.3 Å². The summed E-state index contributed by atoms with van der Waals surface area (Å²) in [5, 5.41) is 15.9. The van der Waals surface area contributed by atoms with Crippen LogP contribution >= 0.6 is 11.6 Å². The topological polar surface area (TPSA) is 100 Å². The number of amides is 2. The lowest BCUT2D eigenvalue weighted by Gasteiger charge is -2.09. The smallest absolute Gasteiger partial charge is 0.271 e. The van der Waals surface area contributed by atoms with Gasteiger partial charge in [0, 0.05) is 5.56 Å². The summed E-state index contributed by atoms with van der Waals surface area (Å²) in [6, 6.07) is 16.3. The van der Waals surface area contributed by atoms with Crippen molar-refractivity contribution in [2.24, 2.45) is 5.10 Å². The number of hydrogen-bond donors (Lipinski definition) is 3. The molecule has 31 heavy (non-hydrogen) atoms. The minimum absolute atomic E-state index is 0.0263. The molecule has 0 aliphatic carbocycles. The zero-order valence-corrected chi connectivity index (χ0v) is 16.8. The molecular weight excluding hydrogens is 425 g/mol. The van der Waals surface area contributed by atoms with Crippen LogP contribution in [0.3, 0.4) is 0 Å². The molecule has 2 amide bonds. The SMILES string of the molecule is O=C(COc1ccc(/C=N/NC(=O)c2cccc(O)c2)cc1Cl)Nc1ccccc1F. The molecule has 0 aliphatic rings. The van der Waals surface area contributed by atoms with Crippen molar-refractivity contribution in [1.29, 1.82) is 0 Å². The predicted octanol–water partition coefficient (Wildman–Crippen LogP) is 3.97. The number of ether oxygens (including phenoxy) is 1. The van der Waals surface area contributed by atoms with Crippen molar-refractivity contribution in [2.45, 2.75) is 0 Å². The van der Waals surface area contributed by atoms with Crippen LogP contribution in [-0.4, -0.2) is 29.7 Å². The Balaban J connectivity index is 1.53. The number of para-hydroxylation sites is 1. The Morgan fingerprint density at radius 3 is 2.65 bits per heavy atom. The molecule has 0 fully saturated rings. The summed E-state index contributed by atoms with van der Waals surface area (Å²) in [4.78, 5) is 23.9. The number of phenols is 1. The summed E-state index contributed by atoms with van der Waals surface area (Å²) < 4.78 is 18.9. The third kappa shape index (κ3) is 6.28. The number of rotatable bonds is 7. The van der Waals surface area contributed by atoms with E-state index in [4.69, 9.17) is 16.3 Å². The highest BCUT2D eigenvalue weighted by Gasteiger charge is 2.09. The van der Waals surface area contributed by atoms with Gasteiger partial charge in [0.2, 0.25) is 0 Å². The predicted molar refractivity (Wildman–Crippen MR) is 115 cm³/mol. The van der Waals surface area contributed by atoms with E-state index in [2.05, 4.69) is 15.8 Å². The van der Waals surface area contributed by atoms with Crippen molar-refractivity contribution in [1.82, 2.24) is 5.43 Å². The fraction of sp³-hybridized carbons (Fsp3) is 0.0455. The molecule has 3 rings (SSSR count). The number of nitrogens with one attached hydrogen (secondary N) is 2. The van der Waals surface area contributed by atoms with E-state index in [1.807, 2.05) is 0 Å². The summed E-state index contributed by atoms with van der Waals surface area (Å²) in [6.45, 7) is -0.360. The molecule has 0 unspecified atom stereocenters. The fourth-order valence-corrected chi connectivity index (χ4v) is 2.73. The molecule has 0 aromatic heterocycles. The maximum atomic E-state index is 13.6. The van der Waals surface area contributed by atoms with Gasteiger partial charge < -0.3 is 15.2 Å². The van der Waals surface area contributed by atoms with Crippen molar-refractivity contribution in [2.75, 3.05) is 11.9 Å². The molecule has 0 saturated heterocycles. The van der Waals surface area contributed by atoms with Crippen molar-refractivity contribution in [3.05, 3.63) is 88.7 Å². The molecule has 0 bridgehead atoms. The van der Waals surface area contributed by atoms with E-state index in [9.17, 15) is 19.1 Å². The Morgan fingerprint density at radius 2 is 1.90 bits per heavy atom. The summed E-state index contributed by atoms with van der Waals surface area (Å²) in [6.07, 6.45) is 1.38. The molecule has 7 nitrogen and oxygen atoms in total. The monoisotopic (exact) mass is 441 g/mol.